The molecule has 4 heterocycles. The van der Waals surface area contributed by atoms with E-state index in [1.54, 1.807) is 30.9 Å². The first-order valence-corrected chi connectivity index (χ1v) is 11.5. The second-order valence-electron chi connectivity index (χ2n) is 7.75. The molecule has 2 N–H and O–H groups in total. The lowest BCUT2D eigenvalue weighted by atomic mass is 10.1. The van der Waals surface area contributed by atoms with Crippen molar-refractivity contribution in [3.05, 3.63) is 77.8 Å². The van der Waals surface area contributed by atoms with Crippen LogP contribution in [0.3, 0.4) is 0 Å². The molecule has 0 unspecified atom stereocenters. The zero-order chi connectivity index (χ0) is 24.7. The van der Waals surface area contributed by atoms with Crippen LogP contribution in [0, 0.1) is 5.82 Å². The van der Waals surface area contributed by atoms with Crippen molar-refractivity contribution in [2.24, 2.45) is 5.10 Å². The highest BCUT2D eigenvalue weighted by molar-refractivity contribution is 6.31. The van der Waals surface area contributed by atoms with Gasteiger partial charge in [0.05, 0.1) is 55.1 Å². The van der Waals surface area contributed by atoms with Crippen molar-refractivity contribution in [2.45, 2.75) is 0 Å². The highest BCUT2D eigenvalue weighted by Crippen LogP contribution is 2.27. The van der Waals surface area contributed by atoms with Crippen molar-refractivity contribution in [2.75, 3.05) is 41.9 Å². The fraction of sp³-hybridized carbons (Fsp3) is 0.167. The summed E-state index contributed by atoms with van der Waals surface area (Å²) in [6.45, 7) is 2.19. The molecule has 5 rings (SSSR count). The topological polar surface area (TPSA) is 113 Å². The second-order valence-corrected chi connectivity index (χ2v) is 8.19. The van der Waals surface area contributed by atoms with Crippen LogP contribution in [0.2, 0.25) is 5.02 Å². The van der Waals surface area contributed by atoms with E-state index in [0.717, 1.165) is 28.8 Å². The first-order chi connectivity index (χ1) is 17.6. The Morgan fingerprint density at radius 3 is 2.67 bits per heavy atom. The summed E-state index contributed by atoms with van der Waals surface area (Å²) in [4.78, 5) is 22.8. The van der Waals surface area contributed by atoms with Gasteiger partial charge in [0.15, 0.2) is 11.6 Å². The van der Waals surface area contributed by atoms with Gasteiger partial charge < -0.3 is 15.0 Å². The van der Waals surface area contributed by atoms with Crippen molar-refractivity contribution in [1.29, 1.82) is 0 Å². The Morgan fingerprint density at radius 1 is 1.00 bits per heavy atom. The summed E-state index contributed by atoms with van der Waals surface area (Å²) in [6.07, 6.45) is 9.26. The summed E-state index contributed by atoms with van der Waals surface area (Å²) in [7, 11) is 0. The van der Waals surface area contributed by atoms with Crippen molar-refractivity contribution < 1.29 is 9.13 Å². The van der Waals surface area contributed by atoms with Crippen LogP contribution >= 0.6 is 11.6 Å². The number of rotatable bonds is 7. The Hall–Kier alpha value is -4.22. The molecule has 182 valence electrons. The fourth-order valence-corrected chi connectivity index (χ4v) is 3.78. The van der Waals surface area contributed by atoms with Gasteiger partial charge in [-0.3, -0.25) is 15.0 Å². The number of pyridine rings is 1. The summed E-state index contributed by atoms with van der Waals surface area (Å²) in [5.41, 5.74) is 6.46. The van der Waals surface area contributed by atoms with E-state index in [4.69, 9.17) is 16.3 Å². The van der Waals surface area contributed by atoms with Crippen LogP contribution in [0.4, 0.5) is 27.5 Å². The molecule has 1 aliphatic rings. The Bertz CT molecular complexity index is 1350. The molecule has 4 aromatic rings. The molecule has 10 nitrogen and oxygen atoms in total. The number of hydrogen-bond donors (Lipinski definition) is 2. The van der Waals surface area contributed by atoms with Crippen LogP contribution in [-0.2, 0) is 4.74 Å². The van der Waals surface area contributed by atoms with Crippen molar-refractivity contribution in [1.82, 2.24) is 24.9 Å². The van der Waals surface area contributed by atoms with E-state index < -0.39 is 5.82 Å². The average molecular weight is 506 g/mol. The van der Waals surface area contributed by atoms with Crippen LogP contribution in [0.15, 0.2) is 66.4 Å². The summed E-state index contributed by atoms with van der Waals surface area (Å²) >= 11 is 6.29. The number of morpholine rings is 1. The average Bonchev–Trinajstić information content (AvgIpc) is 2.91. The first-order valence-electron chi connectivity index (χ1n) is 11.1. The number of anilines is 4. The maximum absolute atomic E-state index is 14.2. The van der Waals surface area contributed by atoms with Crippen LogP contribution in [0.25, 0.3) is 11.3 Å². The molecule has 1 saturated heterocycles. The van der Waals surface area contributed by atoms with Gasteiger partial charge in [0.25, 0.3) is 0 Å². The summed E-state index contributed by atoms with van der Waals surface area (Å²) in [5, 5.41) is 7.97. The summed E-state index contributed by atoms with van der Waals surface area (Å²) < 4.78 is 19.5. The zero-order valence-corrected chi connectivity index (χ0v) is 19.7. The highest BCUT2D eigenvalue weighted by Gasteiger charge is 2.17. The Kier molecular flexibility index (Phi) is 7.20. The highest BCUT2D eigenvalue weighted by atomic mass is 35.5. The monoisotopic (exact) mass is 505 g/mol. The third-order valence-electron chi connectivity index (χ3n) is 5.23. The maximum atomic E-state index is 14.2. The number of nitrogens with zero attached hydrogens (tertiary/aromatic N) is 7. The maximum Gasteiger partial charge on any atom is 0.245 e. The number of hydrogen-bond acceptors (Lipinski definition) is 10. The van der Waals surface area contributed by atoms with Crippen LogP contribution in [0.5, 0.6) is 0 Å². The van der Waals surface area contributed by atoms with Gasteiger partial charge in [-0.25, -0.2) is 14.8 Å². The number of aromatic nitrogens is 5. The van der Waals surface area contributed by atoms with Gasteiger partial charge in [0.2, 0.25) is 5.95 Å². The second kappa shape index (κ2) is 11.0. The molecule has 3 aromatic heterocycles. The number of nitrogens with one attached hydrogen (secondary N) is 2. The molecular weight excluding hydrogens is 485 g/mol. The van der Waals surface area contributed by atoms with Gasteiger partial charge in [0, 0.05) is 41.8 Å². The van der Waals surface area contributed by atoms with Crippen LogP contribution in [-0.4, -0.2) is 57.4 Å². The fourth-order valence-electron chi connectivity index (χ4n) is 3.55. The van der Waals surface area contributed by atoms with E-state index in [1.807, 2.05) is 29.2 Å². The van der Waals surface area contributed by atoms with Gasteiger partial charge in [-0.2, -0.15) is 10.1 Å². The SMILES string of the molecule is Fc1cnc(N/N=C/c2ccc(Nc3cc(Cl)cc(-c4cnccn4)c3)cn2)nc1N1CCOCC1. The third-order valence-corrected chi connectivity index (χ3v) is 5.45. The number of ether oxygens (including phenoxy) is 1. The molecule has 1 aromatic carbocycles. The van der Waals surface area contributed by atoms with Crippen molar-refractivity contribution in [3.63, 3.8) is 0 Å². The molecule has 0 radical (unpaired) electrons. The van der Waals surface area contributed by atoms with Crippen molar-refractivity contribution in [3.8, 4) is 11.3 Å². The van der Waals surface area contributed by atoms with Crippen LogP contribution in [0.1, 0.15) is 5.69 Å². The molecule has 36 heavy (non-hydrogen) atoms. The molecule has 0 atom stereocenters. The molecule has 0 aliphatic carbocycles. The standard InChI is InChI=1S/C24H21ClFN9O/c25-17-9-16(22-15-27-3-4-28-22)10-20(11-17)32-19-2-1-18(29-12-19)13-31-34-24-30-14-21(26)23(33-24)35-5-7-36-8-6-35/h1-4,9-15,32H,5-8H2,(H,30,33,34)/b31-13+. The van der Waals surface area contributed by atoms with Crippen LogP contribution < -0.4 is 15.6 Å². The Balaban J connectivity index is 1.22. The quantitative estimate of drug-likeness (QED) is 0.282. The van der Waals surface area contributed by atoms with E-state index in [2.05, 4.69) is 40.8 Å². The normalized spacial score (nSPS) is 13.7. The summed E-state index contributed by atoms with van der Waals surface area (Å²) in [6, 6.07) is 9.24. The van der Waals surface area contributed by atoms with Gasteiger partial charge in [-0.1, -0.05) is 11.6 Å². The van der Waals surface area contributed by atoms with E-state index in [1.165, 1.54) is 6.21 Å². The molecule has 1 fully saturated rings. The Labute approximate surface area is 211 Å². The molecule has 0 spiro atoms. The zero-order valence-electron chi connectivity index (χ0n) is 19.0. The third kappa shape index (κ3) is 5.88. The summed E-state index contributed by atoms with van der Waals surface area (Å²) in [5.74, 6) is -0.0740. The number of halogens is 2. The lowest BCUT2D eigenvalue weighted by Gasteiger charge is -2.27. The largest absolute Gasteiger partial charge is 0.378 e. The molecule has 0 bridgehead atoms. The predicted molar refractivity (Wildman–Crippen MR) is 136 cm³/mol. The van der Waals surface area contributed by atoms with E-state index in [-0.39, 0.29) is 11.8 Å². The number of benzene rings is 1. The van der Waals surface area contributed by atoms with E-state index in [9.17, 15) is 4.39 Å². The van der Waals surface area contributed by atoms with Gasteiger partial charge in [-0.05, 0) is 30.3 Å². The van der Waals surface area contributed by atoms with Gasteiger partial charge in [0.1, 0.15) is 0 Å². The molecular formula is C24H21ClFN9O. The Morgan fingerprint density at radius 2 is 1.89 bits per heavy atom. The molecule has 1 aliphatic heterocycles. The minimum absolute atomic E-state index is 0.187. The smallest absolute Gasteiger partial charge is 0.245 e. The lowest BCUT2D eigenvalue weighted by molar-refractivity contribution is 0.122. The van der Waals surface area contributed by atoms with E-state index >= 15 is 0 Å². The van der Waals surface area contributed by atoms with Gasteiger partial charge in [-0.15, -0.1) is 0 Å². The molecule has 0 saturated carbocycles. The van der Waals surface area contributed by atoms with Gasteiger partial charge >= 0.3 is 0 Å². The van der Waals surface area contributed by atoms with E-state index in [0.29, 0.717) is 37.0 Å². The first kappa shape index (κ1) is 23.5. The molecule has 12 heteroatoms. The number of hydrazone groups is 1. The minimum Gasteiger partial charge on any atom is -0.378 e. The minimum atomic E-state index is -0.486. The predicted octanol–water partition coefficient (Wildman–Crippen LogP) is 4.15. The lowest BCUT2D eigenvalue weighted by Crippen LogP contribution is -2.37. The molecule has 0 amide bonds. The van der Waals surface area contributed by atoms with Crippen molar-refractivity contribution >= 4 is 41.0 Å².